The van der Waals surface area contributed by atoms with Crippen LogP contribution in [0.5, 0.6) is 0 Å². The summed E-state index contributed by atoms with van der Waals surface area (Å²) < 4.78 is 28.2. The zero-order chi connectivity index (χ0) is 14.0. The molecule has 1 aliphatic heterocycles. The molecule has 0 aromatic carbocycles. The Hall–Kier alpha value is -0.920. The van der Waals surface area contributed by atoms with E-state index in [4.69, 9.17) is 5.73 Å². The van der Waals surface area contributed by atoms with E-state index in [0.29, 0.717) is 19.0 Å². The fourth-order valence-corrected chi connectivity index (χ4v) is 4.33. The average molecular weight is 286 g/mol. The molecule has 19 heavy (non-hydrogen) atoms. The Morgan fingerprint density at radius 1 is 1.53 bits per heavy atom. The van der Waals surface area contributed by atoms with E-state index in [0.717, 1.165) is 19.3 Å². The van der Waals surface area contributed by atoms with Crippen molar-refractivity contribution >= 4 is 10.0 Å². The molecule has 1 aromatic heterocycles. The van der Waals surface area contributed by atoms with Crippen LogP contribution in [0.2, 0.25) is 0 Å². The van der Waals surface area contributed by atoms with Gasteiger partial charge in [0.1, 0.15) is 4.90 Å². The van der Waals surface area contributed by atoms with Crippen molar-refractivity contribution in [2.24, 2.45) is 18.7 Å². The van der Waals surface area contributed by atoms with Gasteiger partial charge in [0.05, 0.1) is 6.20 Å². The van der Waals surface area contributed by atoms with Crippen LogP contribution in [0.15, 0.2) is 17.3 Å². The van der Waals surface area contributed by atoms with Gasteiger partial charge >= 0.3 is 0 Å². The minimum atomic E-state index is -3.46. The smallest absolute Gasteiger partial charge is 0.246 e. The Kier molecular flexibility index (Phi) is 4.27. The quantitative estimate of drug-likeness (QED) is 0.877. The lowest BCUT2D eigenvalue weighted by molar-refractivity contribution is 0.197. The minimum Gasteiger partial charge on any atom is -0.329 e. The first-order valence-electron chi connectivity index (χ1n) is 6.69. The third-order valence-electron chi connectivity index (χ3n) is 3.91. The maximum Gasteiger partial charge on any atom is 0.246 e. The Morgan fingerprint density at radius 2 is 2.26 bits per heavy atom. The molecule has 1 saturated heterocycles. The Labute approximate surface area is 114 Å². The third kappa shape index (κ3) is 2.82. The number of piperidine rings is 1. The van der Waals surface area contributed by atoms with Crippen LogP contribution in [-0.4, -0.2) is 41.6 Å². The molecule has 6 nitrogen and oxygen atoms in total. The van der Waals surface area contributed by atoms with E-state index in [1.807, 2.05) is 0 Å². The average Bonchev–Trinajstić information content (AvgIpc) is 2.85. The van der Waals surface area contributed by atoms with Gasteiger partial charge < -0.3 is 5.73 Å². The summed E-state index contributed by atoms with van der Waals surface area (Å²) in [6.07, 6.45) is 5.78. The van der Waals surface area contributed by atoms with E-state index in [-0.39, 0.29) is 10.9 Å². The summed E-state index contributed by atoms with van der Waals surface area (Å²) >= 11 is 0. The highest BCUT2D eigenvalue weighted by Crippen LogP contribution is 2.29. The molecule has 2 N–H and O–H groups in total. The lowest BCUT2D eigenvalue weighted by Crippen LogP contribution is -2.49. The van der Waals surface area contributed by atoms with E-state index in [2.05, 4.69) is 12.0 Å². The molecule has 0 aliphatic carbocycles. The molecule has 0 radical (unpaired) electrons. The van der Waals surface area contributed by atoms with Crippen LogP contribution in [-0.2, 0) is 17.1 Å². The van der Waals surface area contributed by atoms with E-state index >= 15 is 0 Å². The van der Waals surface area contributed by atoms with Crippen molar-refractivity contribution in [2.45, 2.75) is 37.1 Å². The summed E-state index contributed by atoms with van der Waals surface area (Å²) in [7, 11) is -1.75. The van der Waals surface area contributed by atoms with E-state index < -0.39 is 10.0 Å². The summed E-state index contributed by atoms with van der Waals surface area (Å²) in [5, 5.41) is 3.94. The zero-order valence-electron chi connectivity index (χ0n) is 11.5. The molecule has 0 spiro atoms. The first-order chi connectivity index (χ1) is 8.98. The van der Waals surface area contributed by atoms with Crippen molar-refractivity contribution in [3.8, 4) is 0 Å². The molecule has 2 rings (SSSR count). The van der Waals surface area contributed by atoms with Gasteiger partial charge in [0, 0.05) is 32.4 Å². The largest absolute Gasteiger partial charge is 0.329 e. The molecule has 0 amide bonds. The van der Waals surface area contributed by atoms with Crippen molar-refractivity contribution < 1.29 is 8.42 Å². The van der Waals surface area contributed by atoms with Crippen LogP contribution in [0.3, 0.4) is 0 Å². The molecule has 2 atom stereocenters. The maximum absolute atomic E-state index is 12.6. The predicted octanol–water partition coefficient (Wildman–Crippen LogP) is 0.558. The van der Waals surface area contributed by atoms with Gasteiger partial charge in [-0.05, 0) is 18.8 Å². The van der Waals surface area contributed by atoms with E-state index in [9.17, 15) is 8.42 Å². The Balaban J connectivity index is 2.25. The topological polar surface area (TPSA) is 81.2 Å². The van der Waals surface area contributed by atoms with Crippen LogP contribution < -0.4 is 5.73 Å². The summed E-state index contributed by atoms with van der Waals surface area (Å²) in [6, 6.07) is -0.0936. The van der Waals surface area contributed by atoms with Gasteiger partial charge in [0.25, 0.3) is 0 Å². The van der Waals surface area contributed by atoms with E-state index in [1.54, 1.807) is 11.4 Å². The highest BCUT2D eigenvalue weighted by Gasteiger charge is 2.36. The highest BCUT2D eigenvalue weighted by atomic mass is 32.2. The fraction of sp³-hybridized carbons (Fsp3) is 0.750. The molecule has 108 valence electrons. The number of hydrogen-bond acceptors (Lipinski definition) is 4. The van der Waals surface area contributed by atoms with Gasteiger partial charge in [-0.2, -0.15) is 9.40 Å². The van der Waals surface area contributed by atoms with Gasteiger partial charge in [-0.25, -0.2) is 8.42 Å². The number of aromatic nitrogens is 2. The molecule has 0 saturated carbocycles. The molecule has 1 aromatic rings. The maximum atomic E-state index is 12.6. The van der Waals surface area contributed by atoms with Crippen molar-refractivity contribution in [3.63, 3.8) is 0 Å². The van der Waals surface area contributed by atoms with Gasteiger partial charge in [-0.1, -0.05) is 13.3 Å². The molecule has 0 bridgehead atoms. The van der Waals surface area contributed by atoms with Crippen LogP contribution in [0.1, 0.15) is 26.2 Å². The number of rotatable bonds is 4. The number of hydrogen-bond donors (Lipinski definition) is 1. The monoisotopic (exact) mass is 286 g/mol. The second-order valence-corrected chi connectivity index (χ2v) is 7.04. The summed E-state index contributed by atoms with van der Waals surface area (Å²) in [5.74, 6) is 0.578. The normalized spacial score (nSPS) is 25.6. The van der Waals surface area contributed by atoms with Gasteiger partial charge in [0.2, 0.25) is 10.0 Å². The van der Waals surface area contributed by atoms with Crippen molar-refractivity contribution in [1.29, 1.82) is 0 Å². The van der Waals surface area contributed by atoms with Gasteiger partial charge in [-0.3, -0.25) is 4.68 Å². The zero-order valence-corrected chi connectivity index (χ0v) is 12.3. The van der Waals surface area contributed by atoms with Crippen molar-refractivity contribution in [3.05, 3.63) is 12.4 Å². The molecule has 2 heterocycles. The summed E-state index contributed by atoms with van der Waals surface area (Å²) in [4.78, 5) is 0.253. The predicted molar refractivity (Wildman–Crippen MR) is 73.0 cm³/mol. The molecule has 7 heteroatoms. The first kappa shape index (κ1) is 14.5. The number of sulfonamides is 1. The molecular weight excluding hydrogens is 264 g/mol. The Bertz CT molecular complexity index is 526. The van der Waals surface area contributed by atoms with Crippen molar-refractivity contribution in [1.82, 2.24) is 14.1 Å². The van der Waals surface area contributed by atoms with Crippen LogP contribution in [0.4, 0.5) is 0 Å². The third-order valence-corrected chi connectivity index (χ3v) is 5.81. The first-order valence-corrected chi connectivity index (χ1v) is 8.13. The van der Waals surface area contributed by atoms with Crippen LogP contribution in [0, 0.1) is 5.92 Å². The molecule has 1 fully saturated rings. The van der Waals surface area contributed by atoms with Crippen LogP contribution >= 0.6 is 0 Å². The summed E-state index contributed by atoms with van der Waals surface area (Å²) in [5.41, 5.74) is 5.76. The Morgan fingerprint density at radius 3 is 2.79 bits per heavy atom. The van der Waals surface area contributed by atoms with Crippen LogP contribution in [0.25, 0.3) is 0 Å². The second kappa shape index (κ2) is 5.60. The number of nitrogens with two attached hydrogens (primary N) is 1. The lowest BCUT2D eigenvalue weighted by atomic mass is 9.90. The molecular formula is C12H22N4O2S. The minimum absolute atomic E-state index is 0.0936. The SMILES string of the molecule is CCC1CCN(S(=O)(=O)c2cnn(C)c2)C(CN)C1. The fourth-order valence-electron chi connectivity index (χ4n) is 2.68. The molecule has 2 unspecified atom stereocenters. The second-order valence-electron chi connectivity index (χ2n) is 5.15. The van der Waals surface area contributed by atoms with E-state index in [1.165, 1.54) is 17.1 Å². The highest BCUT2D eigenvalue weighted by molar-refractivity contribution is 7.89. The lowest BCUT2D eigenvalue weighted by Gasteiger charge is -2.37. The van der Waals surface area contributed by atoms with Crippen molar-refractivity contribution in [2.75, 3.05) is 13.1 Å². The number of aryl methyl sites for hydroxylation is 1. The standard InChI is InChI=1S/C12H22N4O2S/c1-3-10-4-5-16(11(6-10)7-13)19(17,18)12-8-14-15(2)9-12/h8-11H,3-7,13H2,1-2H3. The van der Waals surface area contributed by atoms with Gasteiger partial charge in [-0.15, -0.1) is 0 Å². The van der Waals surface area contributed by atoms with Gasteiger partial charge in [0.15, 0.2) is 0 Å². The summed E-state index contributed by atoms with van der Waals surface area (Å²) in [6.45, 7) is 3.07. The number of nitrogens with zero attached hydrogens (tertiary/aromatic N) is 3. The molecule has 1 aliphatic rings.